The maximum Gasteiger partial charge on any atom is 0.262 e. The normalized spacial score (nSPS) is 12.6. The molecule has 31 heavy (non-hydrogen) atoms. The summed E-state index contributed by atoms with van der Waals surface area (Å²) in [6.07, 6.45) is 0. The molecule has 0 fully saturated rings. The molecule has 2 N–H and O–H groups in total. The third kappa shape index (κ3) is 4.05. The Balaban J connectivity index is 1.48. The third-order valence-electron chi connectivity index (χ3n) is 4.50. The minimum atomic E-state index is -0.586. The number of thiazole rings is 1. The number of halogens is 1. The van der Waals surface area contributed by atoms with Gasteiger partial charge in [0.1, 0.15) is 12.4 Å². The van der Waals surface area contributed by atoms with Gasteiger partial charge in [0.2, 0.25) is 11.8 Å². The molecule has 0 saturated heterocycles. The first-order valence-electron chi connectivity index (χ1n) is 9.11. The van der Waals surface area contributed by atoms with Gasteiger partial charge in [0, 0.05) is 17.9 Å². The van der Waals surface area contributed by atoms with Gasteiger partial charge in [-0.1, -0.05) is 12.1 Å². The highest BCUT2D eigenvalue weighted by Gasteiger charge is 2.36. The van der Waals surface area contributed by atoms with Gasteiger partial charge >= 0.3 is 0 Å². The summed E-state index contributed by atoms with van der Waals surface area (Å²) in [5, 5.41) is 6.97. The Kier molecular flexibility index (Phi) is 5.30. The monoisotopic (exact) mass is 438 g/mol. The summed E-state index contributed by atoms with van der Waals surface area (Å²) in [4.78, 5) is 53.7. The highest BCUT2D eigenvalue weighted by molar-refractivity contribution is 7.14. The van der Waals surface area contributed by atoms with Gasteiger partial charge in [-0.2, -0.15) is 0 Å². The summed E-state index contributed by atoms with van der Waals surface area (Å²) in [7, 11) is 0. The number of carbonyl (C=O) groups is 4. The van der Waals surface area contributed by atoms with Crippen molar-refractivity contribution >= 4 is 45.8 Å². The number of hydrogen-bond donors (Lipinski definition) is 2. The van der Waals surface area contributed by atoms with Crippen molar-refractivity contribution in [3.8, 4) is 11.3 Å². The van der Waals surface area contributed by atoms with Crippen molar-refractivity contribution in [3.63, 3.8) is 0 Å². The molecule has 0 aliphatic carbocycles. The second-order valence-corrected chi connectivity index (χ2v) is 7.56. The van der Waals surface area contributed by atoms with Crippen LogP contribution in [0.3, 0.4) is 0 Å². The number of anilines is 2. The molecule has 1 aliphatic rings. The standard InChI is InChI=1S/C21H15FN4O4S/c1-11(27)23-16-8-12(22)6-7-15(16)17-10-31-21(24-17)25-18(28)9-26-19(29)13-4-2-3-5-14(13)20(26)30/h2-8,10H,9H2,1H3,(H,23,27)(H,24,25,28). The molecule has 0 spiro atoms. The second-order valence-electron chi connectivity index (χ2n) is 6.70. The summed E-state index contributed by atoms with van der Waals surface area (Å²) >= 11 is 1.11. The van der Waals surface area contributed by atoms with Crippen LogP contribution in [0.1, 0.15) is 27.6 Å². The topological polar surface area (TPSA) is 108 Å². The summed E-state index contributed by atoms with van der Waals surface area (Å²) in [6, 6.07) is 10.3. The Morgan fingerprint density at radius 2 is 1.71 bits per heavy atom. The van der Waals surface area contributed by atoms with E-state index in [-0.39, 0.29) is 27.9 Å². The number of hydrogen-bond acceptors (Lipinski definition) is 6. The molecule has 4 rings (SSSR count). The van der Waals surface area contributed by atoms with Crippen molar-refractivity contribution in [2.24, 2.45) is 0 Å². The van der Waals surface area contributed by atoms with Crippen LogP contribution in [0.2, 0.25) is 0 Å². The first-order valence-corrected chi connectivity index (χ1v) is 9.99. The van der Waals surface area contributed by atoms with Crippen LogP contribution in [0.15, 0.2) is 47.8 Å². The molecule has 156 valence electrons. The van der Waals surface area contributed by atoms with Crippen molar-refractivity contribution < 1.29 is 23.6 Å². The van der Waals surface area contributed by atoms with Crippen LogP contribution in [0.25, 0.3) is 11.3 Å². The second kappa shape index (κ2) is 8.07. The predicted molar refractivity (Wildman–Crippen MR) is 112 cm³/mol. The number of aromatic nitrogens is 1. The number of amides is 4. The lowest BCUT2D eigenvalue weighted by molar-refractivity contribution is -0.116. The number of nitrogens with zero attached hydrogens (tertiary/aromatic N) is 2. The fraction of sp³-hybridized carbons (Fsp3) is 0.0952. The van der Waals surface area contributed by atoms with E-state index in [4.69, 9.17) is 0 Å². The smallest absolute Gasteiger partial charge is 0.262 e. The minimum absolute atomic E-state index is 0.231. The van der Waals surface area contributed by atoms with E-state index in [1.807, 2.05) is 0 Å². The fourth-order valence-corrected chi connectivity index (χ4v) is 3.90. The van der Waals surface area contributed by atoms with Gasteiger partial charge in [-0.15, -0.1) is 11.3 Å². The van der Waals surface area contributed by atoms with Gasteiger partial charge in [0.05, 0.1) is 22.5 Å². The van der Waals surface area contributed by atoms with E-state index in [0.717, 1.165) is 16.2 Å². The highest BCUT2D eigenvalue weighted by Crippen LogP contribution is 2.31. The molecule has 1 aliphatic heterocycles. The molecule has 2 heterocycles. The zero-order chi connectivity index (χ0) is 22.1. The Bertz CT molecular complexity index is 1200. The SMILES string of the molecule is CC(=O)Nc1cc(F)ccc1-c1csc(NC(=O)CN2C(=O)c3ccccc3C2=O)n1. The number of nitrogens with one attached hydrogen (secondary N) is 2. The lowest BCUT2D eigenvalue weighted by atomic mass is 10.1. The minimum Gasteiger partial charge on any atom is -0.326 e. The van der Waals surface area contributed by atoms with E-state index in [0.29, 0.717) is 11.3 Å². The predicted octanol–water partition coefficient (Wildman–Crippen LogP) is 3.14. The zero-order valence-corrected chi connectivity index (χ0v) is 17.0. The number of carbonyl (C=O) groups excluding carboxylic acids is 4. The highest BCUT2D eigenvalue weighted by atomic mass is 32.1. The van der Waals surface area contributed by atoms with Gasteiger partial charge in [0.25, 0.3) is 11.8 Å². The zero-order valence-electron chi connectivity index (χ0n) is 16.1. The van der Waals surface area contributed by atoms with Gasteiger partial charge in [0.15, 0.2) is 5.13 Å². The van der Waals surface area contributed by atoms with Crippen LogP contribution in [-0.4, -0.2) is 40.1 Å². The van der Waals surface area contributed by atoms with Crippen molar-refractivity contribution in [1.82, 2.24) is 9.88 Å². The maximum absolute atomic E-state index is 13.6. The molecule has 3 aromatic rings. The molecule has 10 heteroatoms. The molecule has 2 aromatic carbocycles. The van der Waals surface area contributed by atoms with Crippen molar-refractivity contribution in [2.45, 2.75) is 6.92 Å². The molecule has 0 saturated carbocycles. The molecule has 0 atom stereocenters. The van der Waals surface area contributed by atoms with Crippen LogP contribution >= 0.6 is 11.3 Å². The van der Waals surface area contributed by atoms with Crippen LogP contribution in [0.5, 0.6) is 0 Å². The average Bonchev–Trinajstić information content (AvgIpc) is 3.27. The van der Waals surface area contributed by atoms with Crippen molar-refractivity contribution in [2.75, 3.05) is 17.2 Å². The van der Waals surface area contributed by atoms with Gasteiger partial charge < -0.3 is 10.6 Å². The number of rotatable bonds is 5. The molecule has 1 aromatic heterocycles. The quantitative estimate of drug-likeness (QED) is 0.595. The fourth-order valence-electron chi connectivity index (χ4n) is 3.17. The summed E-state index contributed by atoms with van der Waals surface area (Å²) in [5.74, 6) is -2.52. The Morgan fingerprint density at radius 1 is 1.03 bits per heavy atom. The first kappa shape index (κ1) is 20.4. The summed E-state index contributed by atoms with van der Waals surface area (Å²) in [6.45, 7) is 0.857. The van der Waals surface area contributed by atoms with Crippen molar-refractivity contribution in [1.29, 1.82) is 0 Å². The van der Waals surface area contributed by atoms with E-state index in [1.165, 1.54) is 37.3 Å². The van der Waals surface area contributed by atoms with Crippen LogP contribution in [0.4, 0.5) is 15.2 Å². The third-order valence-corrected chi connectivity index (χ3v) is 5.26. The molecule has 8 nitrogen and oxygen atoms in total. The Hall–Kier alpha value is -3.92. The molecule has 0 bridgehead atoms. The van der Waals surface area contributed by atoms with Crippen molar-refractivity contribution in [3.05, 3.63) is 64.8 Å². The molecule has 4 amide bonds. The van der Waals surface area contributed by atoms with Crippen LogP contribution in [0, 0.1) is 5.82 Å². The molecular weight excluding hydrogens is 423 g/mol. The van der Waals surface area contributed by atoms with E-state index in [1.54, 1.807) is 17.5 Å². The van der Waals surface area contributed by atoms with E-state index in [9.17, 15) is 23.6 Å². The van der Waals surface area contributed by atoms with E-state index >= 15 is 0 Å². The lowest BCUT2D eigenvalue weighted by Crippen LogP contribution is -2.37. The number of benzene rings is 2. The maximum atomic E-state index is 13.6. The summed E-state index contributed by atoms with van der Waals surface area (Å²) in [5.41, 5.74) is 1.68. The largest absolute Gasteiger partial charge is 0.326 e. The van der Waals surface area contributed by atoms with Gasteiger partial charge in [-0.05, 0) is 30.3 Å². The van der Waals surface area contributed by atoms with Gasteiger partial charge in [-0.25, -0.2) is 9.37 Å². The van der Waals surface area contributed by atoms with Crippen LogP contribution < -0.4 is 10.6 Å². The Labute approximate surface area is 179 Å². The van der Waals surface area contributed by atoms with Crippen LogP contribution in [-0.2, 0) is 9.59 Å². The first-order chi connectivity index (χ1) is 14.8. The molecule has 0 radical (unpaired) electrons. The Morgan fingerprint density at radius 3 is 2.35 bits per heavy atom. The molecule has 0 unspecified atom stereocenters. The number of imide groups is 1. The number of fused-ring (bicyclic) bond motifs is 1. The van der Waals surface area contributed by atoms with E-state index < -0.39 is 30.1 Å². The lowest BCUT2D eigenvalue weighted by Gasteiger charge is -2.12. The van der Waals surface area contributed by atoms with Gasteiger partial charge in [-0.3, -0.25) is 24.1 Å². The average molecular weight is 438 g/mol. The summed E-state index contributed by atoms with van der Waals surface area (Å²) < 4.78 is 13.6. The molecular formula is C21H15FN4O4S. The van der Waals surface area contributed by atoms with E-state index in [2.05, 4.69) is 15.6 Å².